The van der Waals surface area contributed by atoms with Gasteiger partial charge in [-0.25, -0.2) is 14.8 Å². The standard InChI is InChI=1S/C15H19BrN4O2S/c1-15(2,3)22-14(21)20-8-6-19(7-9-20)13-17-10-4-5-11(16)18-12(10)23-13/h4-5H,6-9H2,1-3H3. The van der Waals surface area contributed by atoms with Crippen molar-refractivity contribution in [3.05, 3.63) is 16.7 Å². The minimum atomic E-state index is -0.458. The van der Waals surface area contributed by atoms with Crippen molar-refractivity contribution in [3.8, 4) is 0 Å². The van der Waals surface area contributed by atoms with Gasteiger partial charge >= 0.3 is 6.09 Å². The average Bonchev–Trinajstić information content (AvgIpc) is 2.88. The van der Waals surface area contributed by atoms with Crippen molar-refractivity contribution in [1.29, 1.82) is 0 Å². The average molecular weight is 399 g/mol. The molecule has 0 aromatic carbocycles. The van der Waals surface area contributed by atoms with E-state index >= 15 is 0 Å². The maximum absolute atomic E-state index is 12.1. The van der Waals surface area contributed by atoms with Crippen LogP contribution < -0.4 is 4.90 Å². The maximum atomic E-state index is 12.1. The Balaban J connectivity index is 1.65. The Morgan fingerprint density at radius 1 is 1.22 bits per heavy atom. The molecule has 0 bridgehead atoms. The number of ether oxygens (including phenoxy) is 1. The highest BCUT2D eigenvalue weighted by atomic mass is 79.9. The number of carbonyl (C=O) groups is 1. The van der Waals surface area contributed by atoms with Crippen LogP contribution in [0.5, 0.6) is 0 Å². The summed E-state index contributed by atoms with van der Waals surface area (Å²) >= 11 is 4.96. The van der Waals surface area contributed by atoms with Gasteiger partial charge in [0.2, 0.25) is 0 Å². The largest absolute Gasteiger partial charge is 0.444 e. The van der Waals surface area contributed by atoms with Gasteiger partial charge in [0.15, 0.2) is 5.13 Å². The number of nitrogens with zero attached hydrogens (tertiary/aromatic N) is 4. The fraction of sp³-hybridized carbons (Fsp3) is 0.533. The SMILES string of the molecule is CC(C)(C)OC(=O)N1CCN(c2nc3ccc(Br)nc3s2)CC1. The van der Waals surface area contributed by atoms with E-state index in [0.717, 1.165) is 33.2 Å². The fourth-order valence-electron chi connectivity index (χ4n) is 2.33. The van der Waals surface area contributed by atoms with E-state index in [1.54, 1.807) is 16.2 Å². The van der Waals surface area contributed by atoms with Crippen LogP contribution in [0.3, 0.4) is 0 Å². The third-order valence-electron chi connectivity index (χ3n) is 3.41. The number of amides is 1. The van der Waals surface area contributed by atoms with Crippen molar-refractivity contribution >= 4 is 48.8 Å². The quantitative estimate of drug-likeness (QED) is 0.687. The smallest absolute Gasteiger partial charge is 0.410 e. The Kier molecular flexibility index (Phi) is 4.46. The molecule has 2 aromatic heterocycles. The predicted octanol–water partition coefficient (Wildman–Crippen LogP) is 3.51. The molecule has 1 aliphatic heterocycles. The predicted molar refractivity (Wildman–Crippen MR) is 95.1 cm³/mol. The highest BCUT2D eigenvalue weighted by Crippen LogP contribution is 2.29. The molecule has 0 spiro atoms. The first-order valence-electron chi connectivity index (χ1n) is 7.48. The molecule has 1 amide bonds. The number of rotatable bonds is 1. The second-order valence-electron chi connectivity index (χ2n) is 6.41. The van der Waals surface area contributed by atoms with Gasteiger partial charge in [-0.2, -0.15) is 0 Å². The number of anilines is 1. The van der Waals surface area contributed by atoms with Crippen LogP contribution in [0, 0.1) is 0 Å². The Morgan fingerprint density at radius 2 is 1.91 bits per heavy atom. The van der Waals surface area contributed by atoms with Gasteiger partial charge in [-0.15, -0.1) is 0 Å². The van der Waals surface area contributed by atoms with E-state index in [1.165, 1.54) is 0 Å². The van der Waals surface area contributed by atoms with E-state index in [9.17, 15) is 4.79 Å². The number of hydrogen-bond donors (Lipinski definition) is 0. The van der Waals surface area contributed by atoms with E-state index in [0.29, 0.717) is 13.1 Å². The van der Waals surface area contributed by atoms with Crippen molar-refractivity contribution in [2.24, 2.45) is 0 Å². The second-order valence-corrected chi connectivity index (χ2v) is 8.18. The lowest BCUT2D eigenvalue weighted by Crippen LogP contribution is -2.50. The van der Waals surface area contributed by atoms with Crippen molar-refractivity contribution in [2.75, 3.05) is 31.1 Å². The zero-order chi connectivity index (χ0) is 16.6. The van der Waals surface area contributed by atoms with Crippen LogP contribution in [0.15, 0.2) is 16.7 Å². The van der Waals surface area contributed by atoms with Crippen LogP contribution in [-0.2, 0) is 4.74 Å². The lowest BCUT2D eigenvalue weighted by atomic mass is 10.2. The minimum absolute atomic E-state index is 0.243. The zero-order valence-corrected chi connectivity index (χ0v) is 15.8. The maximum Gasteiger partial charge on any atom is 0.410 e. The van der Waals surface area contributed by atoms with Gasteiger partial charge in [0.05, 0.1) is 0 Å². The van der Waals surface area contributed by atoms with Gasteiger partial charge in [-0.05, 0) is 48.8 Å². The summed E-state index contributed by atoms with van der Waals surface area (Å²) in [5, 5.41) is 0.953. The molecule has 6 nitrogen and oxygen atoms in total. The summed E-state index contributed by atoms with van der Waals surface area (Å²) in [6.07, 6.45) is -0.243. The molecule has 0 atom stereocenters. The summed E-state index contributed by atoms with van der Waals surface area (Å²) in [4.78, 5) is 26.0. The molecule has 0 N–H and O–H groups in total. The second kappa shape index (κ2) is 6.24. The van der Waals surface area contributed by atoms with Gasteiger partial charge in [0.25, 0.3) is 0 Å². The molecule has 124 valence electrons. The Morgan fingerprint density at radius 3 is 2.57 bits per heavy atom. The number of piperazine rings is 1. The van der Waals surface area contributed by atoms with Gasteiger partial charge in [0, 0.05) is 26.2 Å². The lowest BCUT2D eigenvalue weighted by molar-refractivity contribution is 0.0240. The fourth-order valence-corrected chi connectivity index (χ4v) is 3.74. The summed E-state index contributed by atoms with van der Waals surface area (Å²) < 4.78 is 6.23. The van der Waals surface area contributed by atoms with Crippen molar-refractivity contribution in [3.63, 3.8) is 0 Å². The summed E-state index contributed by atoms with van der Waals surface area (Å²) in [5.41, 5.74) is 0.447. The highest BCUT2D eigenvalue weighted by molar-refractivity contribution is 9.10. The van der Waals surface area contributed by atoms with E-state index in [-0.39, 0.29) is 6.09 Å². The summed E-state index contributed by atoms with van der Waals surface area (Å²) in [6, 6.07) is 3.86. The van der Waals surface area contributed by atoms with Crippen LogP contribution in [0.4, 0.5) is 9.93 Å². The van der Waals surface area contributed by atoms with E-state index in [4.69, 9.17) is 4.74 Å². The number of halogens is 1. The number of fused-ring (bicyclic) bond motifs is 1. The number of pyridine rings is 1. The molecule has 0 unspecified atom stereocenters. The Hall–Kier alpha value is -1.41. The third kappa shape index (κ3) is 3.92. The molecule has 3 rings (SSSR count). The van der Waals surface area contributed by atoms with Crippen LogP contribution in [0.2, 0.25) is 0 Å². The van der Waals surface area contributed by atoms with E-state index in [1.807, 2.05) is 32.9 Å². The molecular formula is C15H19BrN4O2S. The van der Waals surface area contributed by atoms with Crippen LogP contribution in [0.25, 0.3) is 10.3 Å². The number of carbonyl (C=O) groups excluding carboxylic acids is 1. The summed E-state index contributed by atoms with van der Waals surface area (Å²) in [7, 11) is 0. The van der Waals surface area contributed by atoms with Gasteiger partial charge < -0.3 is 14.5 Å². The van der Waals surface area contributed by atoms with E-state index < -0.39 is 5.60 Å². The Bertz CT molecular complexity index is 720. The van der Waals surface area contributed by atoms with E-state index in [2.05, 4.69) is 30.8 Å². The van der Waals surface area contributed by atoms with Crippen molar-refractivity contribution in [1.82, 2.24) is 14.9 Å². The molecule has 1 aliphatic rings. The first-order chi connectivity index (χ1) is 10.8. The molecule has 8 heteroatoms. The summed E-state index contributed by atoms with van der Waals surface area (Å²) in [6.45, 7) is 8.43. The number of hydrogen-bond acceptors (Lipinski definition) is 6. The molecule has 0 saturated carbocycles. The normalized spacial score (nSPS) is 16.0. The molecule has 3 heterocycles. The minimum Gasteiger partial charge on any atom is -0.444 e. The Labute approximate surface area is 147 Å². The molecule has 1 fully saturated rings. The number of aromatic nitrogens is 2. The molecule has 1 saturated heterocycles. The van der Waals surface area contributed by atoms with Gasteiger partial charge in [-0.1, -0.05) is 11.3 Å². The number of thiazole rings is 1. The van der Waals surface area contributed by atoms with Crippen molar-refractivity contribution in [2.45, 2.75) is 26.4 Å². The summed E-state index contributed by atoms with van der Waals surface area (Å²) in [5.74, 6) is 0. The van der Waals surface area contributed by atoms with Crippen molar-refractivity contribution < 1.29 is 9.53 Å². The molecule has 2 aromatic rings. The van der Waals surface area contributed by atoms with Crippen LogP contribution in [0.1, 0.15) is 20.8 Å². The molecule has 0 radical (unpaired) electrons. The molecular weight excluding hydrogens is 380 g/mol. The first-order valence-corrected chi connectivity index (χ1v) is 9.09. The topological polar surface area (TPSA) is 58.6 Å². The highest BCUT2D eigenvalue weighted by Gasteiger charge is 2.27. The third-order valence-corrected chi connectivity index (χ3v) is 4.88. The monoisotopic (exact) mass is 398 g/mol. The van der Waals surface area contributed by atoms with Crippen LogP contribution >= 0.6 is 27.3 Å². The van der Waals surface area contributed by atoms with Gasteiger partial charge in [0.1, 0.15) is 20.6 Å². The van der Waals surface area contributed by atoms with Crippen LogP contribution in [-0.4, -0.2) is 52.7 Å². The zero-order valence-electron chi connectivity index (χ0n) is 13.4. The lowest BCUT2D eigenvalue weighted by Gasteiger charge is -2.35. The first kappa shape index (κ1) is 16.4. The van der Waals surface area contributed by atoms with Gasteiger partial charge in [-0.3, -0.25) is 0 Å². The molecule has 23 heavy (non-hydrogen) atoms. The molecule has 0 aliphatic carbocycles.